The molecule has 0 spiro atoms. The average Bonchev–Trinajstić information content (AvgIpc) is 3.01. The molecule has 0 fully saturated rings. The first-order chi connectivity index (χ1) is 15.5. The smallest absolute Gasteiger partial charge is 0.260 e. The predicted molar refractivity (Wildman–Crippen MR) is 137 cm³/mol. The fourth-order valence-corrected chi connectivity index (χ4v) is 5.19. The van der Waals surface area contributed by atoms with Gasteiger partial charge in [-0.25, -0.2) is 13.8 Å². The van der Waals surface area contributed by atoms with Crippen LogP contribution in [0.3, 0.4) is 0 Å². The van der Waals surface area contributed by atoms with Gasteiger partial charge in [0, 0.05) is 21.4 Å². The highest BCUT2D eigenvalue weighted by molar-refractivity contribution is 9.10. The molecule has 0 saturated carbocycles. The van der Waals surface area contributed by atoms with Crippen molar-refractivity contribution in [3.8, 4) is 5.69 Å². The topological polar surface area (TPSA) is 83.8 Å². The number of sulfonamides is 1. The number of aromatic nitrogens is 1. The highest BCUT2D eigenvalue weighted by Gasteiger charge is 2.22. The number of hydrazone groups is 1. The summed E-state index contributed by atoms with van der Waals surface area (Å²) in [6, 6.07) is 14.0. The highest BCUT2D eigenvalue weighted by Crippen LogP contribution is 2.31. The van der Waals surface area contributed by atoms with Crippen molar-refractivity contribution in [2.45, 2.75) is 13.8 Å². The van der Waals surface area contributed by atoms with Gasteiger partial charge >= 0.3 is 0 Å². The molecule has 1 amide bonds. The molecule has 11 heteroatoms. The number of carbonyl (C=O) groups is 1. The Hall–Kier alpha value is -2.33. The Balaban J connectivity index is 1.78. The second-order valence-electron chi connectivity index (χ2n) is 7.25. The molecule has 1 N–H and O–H groups in total. The van der Waals surface area contributed by atoms with Gasteiger partial charge in [-0.1, -0.05) is 41.4 Å². The molecule has 2 aromatic carbocycles. The van der Waals surface area contributed by atoms with Crippen molar-refractivity contribution < 1.29 is 13.2 Å². The summed E-state index contributed by atoms with van der Waals surface area (Å²) in [5, 5.41) is 4.90. The number of amides is 1. The molecular formula is C22H21BrCl2N4O3S. The molecular weight excluding hydrogens is 551 g/mol. The first-order valence-corrected chi connectivity index (χ1v) is 13.1. The number of benzene rings is 2. The molecule has 0 bridgehead atoms. The minimum absolute atomic E-state index is 0.362. The standard InChI is InChI=1S/C22H21BrCl2N4O3S/c1-14-11-16(15(2)29(14)20-10-6-8-18(24)22(20)25)12-26-27-21(30)13-28(33(3,31)32)19-9-5-4-7-17(19)23/h4-12H,13H2,1-3H3,(H,27,30)/b26-12+. The molecule has 0 aliphatic carbocycles. The molecule has 0 saturated heterocycles. The maximum atomic E-state index is 12.5. The number of halogens is 3. The van der Waals surface area contributed by atoms with Gasteiger partial charge in [0.15, 0.2) is 0 Å². The first-order valence-electron chi connectivity index (χ1n) is 9.68. The lowest BCUT2D eigenvalue weighted by Gasteiger charge is -2.22. The number of nitrogens with one attached hydrogen (secondary N) is 1. The van der Waals surface area contributed by atoms with Crippen LogP contribution in [0.2, 0.25) is 10.0 Å². The van der Waals surface area contributed by atoms with Crippen LogP contribution < -0.4 is 9.73 Å². The fraction of sp³-hybridized carbons (Fsp3) is 0.182. The van der Waals surface area contributed by atoms with Crippen molar-refractivity contribution in [1.29, 1.82) is 0 Å². The van der Waals surface area contributed by atoms with E-state index in [1.54, 1.807) is 30.3 Å². The normalized spacial score (nSPS) is 11.7. The van der Waals surface area contributed by atoms with Gasteiger partial charge in [0.05, 0.1) is 33.9 Å². The molecule has 0 aliphatic rings. The van der Waals surface area contributed by atoms with Crippen molar-refractivity contribution in [3.05, 3.63) is 80.0 Å². The van der Waals surface area contributed by atoms with E-state index in [4.69, 9.17) is 23.2 Å². The Morgan fingerprint density at radius 2 is 1.88 bits per heavy atom. The molecule has 7 nitrogen and oxygen atoms in total. The summed E-state index contributed by atoms with van der Waals surface area (Å²) in [5.74, 6) is -0.584. The van der Waals surface area contributed by atoms with E-state index >= 15 is 0 Å². The molecule has 1 aromatic heterocycles. The first kappa shape index (κ1) is 25.3. The zero-order valence-electron chi connectivity index (χ0n) is 18.0. The van der Waals surface area contributed by atoms with Crippen LogP contribution in [0.15, 0.2) is 58.1 Å². The number of hydrogen-bond donors (Lipinski definition) is 1. The average molecular weight is 572 g/mol. The second-order valence-corrected chi connectivity index (χ2v) is 10.8. The third-order valence-electron chi connectivity index (χ3n) is 4.84. The summed E-state index contributed by atoms with van der Waals surface area (Å²) in [7, 11) is -3.70. The maximum Gasteiger partial charge on any atom is 0.260 e. The van der Waals surface area contributed by atoms with Crippen molar-refractivity contribution in [1.82, 2.24) is 9.99 Å². The van der Waals surface area contributed by atoms with Crippen molar-refractivity contribution in [3.63, 3.8) is 0 Å². The van der Waals surface area contributed by atoms with Crippen molar-refractivity contribution in [2.24, 2.45) is 5.10 Å². The summed E-state index contributed by atoms with van der Waals surface area (Å²) in [6.07, 6.45) is 2.54. The van der Waals surface area contributed by atoms with Crippen LogP contribution in [0.4, 0.5) is 5.69 Å². The molecule has 0 unspecified atom stereocenters. The maximum absolute atomic E-state index is 12.5. The molecule has 3 rings (SSSR count). The van der Waals surface area contributed by atoms with Gasteiger partial charge in [0.25, 0.3) is 5.91 Å². The Morgan fingerprint density at radius 3 is 2.55 bits per heavy atom. The minimum Gasteiger partial charge on any atom is -0.316 e. The number of hydrogen-bond acceptors (Lipinski definition) is 4. The van der Waals surface area contributed by atoms with E-state index in [-0.39, 0.29) is 0 Å². The van der Waals surface area contributed by atoms with E-state index in [0.717, 1.165) is 33.2 Å². The van der Waals surface area contributed by atoms with Gasteiger partial charge in [0.1, 0.15) is 6.54 Å². The Bertz CT molecular complexity index is 1340. The lowest BCUT2D eigenvalue weighted by Crippen LogP contribution is -2.39. The Kier molecular flexibility index (Phi) is 7.89. The largest absolute Gasteiger partial charge is 0.316 e. The summed E-state index contributed by atoms with van der Waals surface area (Å²) in [6.45, 7) is 3.39. The Labute approximate surface area is 211 Å². The molecule has 0 aliphatic heterocycles. The van der Waals surface area contributed by atoms with E-state index in [0.29, 0.717) is 20.2 Å². The highest BCUT2D eigenvalue weighted by atomic mass is 79.9. The molecule has 3 aromatic rings. The molecule has 33 heavy (non-hydrogen) atoms. The van der Waals surface area contributed by atoms with Gasteiger partial charge in [-0.2, -0.15) is 5.10 Å². The van der Waals surface area contributed by atoms with Crippen molar-refractivity contribution in [2.75, 3.05) is 17.1 Å². The zero-order chi connectivity index (χ0) is 24.3. The summed E-state index contributed by atoms with van der Waals surface area (Å²) >= 11 is 15.8. The van der Waals surface area contributed by atoms with Crippen LogP contribution in [0, 0.1) is 13.8 Å². The van der Waals surface area contributed by atoms with Crippen molar-refractivity contribution >= 4 is 67.0 Å². The predicted octanol–water partition coefficient (Wildman–Crippen LogP) is 5.08. The summed E-state index contributed by atoms with van der Waals surface area (Å²) < 4.78 is 28.0. The molecule has 0 radical (unpaired) electrons. The van der Waals surface area contributed by atoms with Crippen LogP contribution >= 0.6 is 39.1 Å². The van der Waals surface area contributed by atoms with E-state index in [1.807, 2.05) is 36.6 Å². The summed E-state index contributed by atoms with van der Waals surface area (Å²) in [5.41, 5.74) is 6.00. The van der Waals surface area contributed by atoms with E-state index in [1.165, 1.54) is 6.21 Å². The third kappa shape index (κ3) is 5.78. The second kappa shape index (κ2) is 10.3. The number of anilines is 1. The van der Waals surface area contributed by atoms with Gasteiger partial charge in [-0.05, 0) is 60.1 Å². The van der Waals surface area contributed by atoms with Gasteiger partial charge in [0.2, 0.25) is 10.0 Å². The lowest BCUT2D eigenvalue weighted by atomic mass is 10.2. The fourth-order valence-electron chi connectivity index (χ4n) is 3.33. The number of rotatable bonds is 7. The molecule has 0 atom stereocenters. The number of nitrogens with zero attached hydrogens (tertiary/aromatic N) is 3. The van der Waals surface area contributed by atoms with Crippen LogP contribution in [-0.2, 0) is 14.8 Å². The third-order valence-corrected chi connectivity index (χ3v) is 7.45. The van der Waals surface area contributed by atoms with Crippen LogP contribution in [0.25, 0.3) is 5.69 Å². The Morgan fingerprint density at radius 1 is 1.18 bits per heavy atom. The van der Waals surface area contributed by atoms with Gasteiger partial charge in [-0.15, -0.1) is 0 Å². The quantitative estimate of drug-likeness (QED) is 0.317. The van der Waals surface area contributed by atoms with Gasteiger partial charge in [-0.3, -0.25) is 9.10 Å². The zero-order valence-corrected chi connectivity index (χ0v) is 21.9. The lowest BCUT2D eigenvalue weighted by molar-refractivity contribution is -0.119. The monoisotopic (exact) mass is 570 g/mol. The SMILES string of the molecule is Cc1cc(/C=N/NC(=O)CN(c2ccccc2Br)S(C)(=O)=O)c(C)n1-c1cccc(Cl)c1Cl. The number of carbonyl (C=O) groups excluding carboxylic acids is 1. The number of para-hydroxylation sites is 1. The molecule has 174 valence electrons. The van der Waals surface area contributed by atoms with Crippen LogP contribution in [0.5, 0.6) is 0 Å². The van der Waals surface area contributed by atoms with Crippen LogP contribution in [0.1, 0.15) is 17.0 Å². The van der Waals surface area contributed by atoms with E-state index in [2.05, 4.69) is 26.5 Å². The van der Waals surface area contributed by atoms with Gasteiger partial charge < -0.3 is 4.57 Å². The summed E-state index contributed by atoms with van der Waals surface area (Å²) in [4.78, 5) is 12.5. The van der Waals surface area contributed by atoms with E-state index < -0.39 is 22.5 Å². The minimum atomic E-state index is -3.70. The number of aryl methyl sites for hydroxylation is 1. The van der Waals surface area contributed by atoms with Crippen LogP contribution in [-0.4, -0.2) is 37.9 Å². The molecule has 1 heterocycles. The van der Waals surface area contributed by atoms with E-state index in [9.17, 15) is 13.2 Å².